The Balaban J connectivity index is 1.77. The number of rotatable bonds is 8. The lowest BCUT2D eigenvalue weighted by Crippen LogP contribution is -2.39. The molecule has 1 aromatic carbocycles. The van der Waals surface area contributed by atoms with Crippen LogP contribution >= 0.6 is 0 Å². The van der Waals surface area contributed by atoms with Crippen molar-refractivity contribution in [3.63, 3.8) is 0 Å². The van der Waals surface area contributed by atoms with Gasteiger partial charge in [-0.15, -0.1) is 6.58 Å². The van der Waals surface area contributed by atoms with Crippen LogP contribution < -0.4 is 10.1 Å². The monoisotopic (exact) mass is 333 g/mol. The van der Waals surface area contributed by atoms with Crippen LogP contribution in [0.3, 0.4) is 0 Å². The minimum absolute atomic E-state index is 0.161. The van der Waals surface area contributed by atoms with Crippen molar-refractivity contribution < 1.29 is 24.2 Å². The average Bonchev–Trinajstić information content (AvgIpc) is 2.55. The summed E-state index contributed by atoms with van der Waals surface area (Å²) in [6, 6.07) is 7.25. The quantitative estimate of drug-likeness (QED) is 0.428. The lowest BCUT2D eigenvalue weighted by molar-refractivity contribution is -0.134. The van der Waals surface area contributed by atoms with E-state index in [-0.39, 0.29) is 24.3 Å². The molecule has 6 nitrogen and oxygen atoms in total. The summed E-state index contributed by atoms with van der Waals surface area (Å²) in [7, 11) is 0. The lowest BCUT2D eigenvalue weighted by atomic mass is 9.90. The van der Waals surface area contributed by atoms with Crippen molar-refractivity contribution >= 4 is 11.8 Å². The third-order valence-corrected chi connectivity index (χ3v) is 3.85. The number of carbonyl (C=O) groups excluding carboxylic acids is 2. The molecule has 24 heavy (non-hydrogen) atoms. The number of hydrogen-bond acceptors (Lipinski definition) is 5. The Morgan fingerprint density at radius 3 is 2.67 bits per heavy atom. The molecule has 6 heteroatoms. The van der Waals surface area contributed by atoms with Gasteiger partial charge in [-0.2, -0.15) is 0 Å². The fraction of sp³-hybridized carbons (Fsp3) is 0.444. The maximum atomic E-state index is 11.8. The van der Waals surface area contributed by atoms with Gasteiger partial charge in [0.25, 0.3) is 0 Å². The van der Waals surface area contributed by atoms with Crippen molar-refractivity contribution in [2.45, 2.75) is 31.3 Å². The first-order chi connectivity index (χ1) is 11.4. The van der Waals surface area contributed by atoms with Crippen molar-refractivity contribution in [2.75, 3.05) is 19.8 Å². The number of benzene rings is 1. The summed E-state index contributed by atoms with van der Waals surface area (Å²) in [5, 5.41) is 12.0. The van der Waals surface area contributed by atoms with Crippen LogP contribution in [0, 0.1) is 0 Å². The van der Waals surface area contributed by atoms with Gasteiger partial charge < -0.3 is 14.6 Å². The van der Waals surface area contributed by atoms with Gasteiger partial charge in [-0.1, -0.05) is 18.2 Å². The molecule has 1 heterocycles. The van der Waals surface area contributed by atoms with Crippen LogP contribution in [-0.4, -0.2) is 42.3 Å². The number of aliphatic hydroxyl groups is 1. The van der Waals surface area contributed by atoms with Crippen molar-refractivity contribution in [3.8, 4) is 5.75 Å². The molecule has 0 radical (unpaired) electrons. The molecule has 0 spiro atoms. The molecule has 0 aliphatic carbocycles. The molecule has 0 saturated carbocycles. The number of hydrogen-bond donors (Lipinski definition) is 2. The summed E-state index contributed by atoms with van der Waals surface area (Å²) in [6.07, 6.45) is 2.32. The van der Waals surface area contributed by atoms with Gasteiger partial charge >= 0.3 is 0 Å². The SMILES string of the molecule is C=CC(C)(O)COCCOc1ccc(C2CCC(=O)NC2=O)cc1. The number of piperidine rings is 1. The maximum absolute atomic E-state index is 11.8. The van der Waals surface area contributed by atoms with Crippen LogP contribution in [0.1, 0.15) is 31.2 Å². The minimum atomic E-state index is -1.04. The first-order valence-corrected chi connectivity index (χ1v) is 7.91. The largest absolute Gasteiger partial charge is 0.491 e. The zero-order chi connectivity index (χ0) is 17.6. The second-order valence-electron chi connectivity index (χ2n) is 6.04. The highest BCUT2D eigenvalue weighted by molar-refractivity contribution is 6.00. The Morgan fingerprint density at radius 1 is 1.33 bits per heavy atom. The Morgan fingerprint density at radius 2 is 2.04 bits per heavy atom. The molecule has 2 amide bonds. The van der Waals surface area contributed by atoms with E-state index in [2.05, 4.69) is 11.9 Å². The van der Waals surface area contributed by atoms with Gasteiger partial charge in [0, 0.05) is 6.42 Å². The maximum Gasteiger partial charge on any atom is 0.234 e. The van der Waals surface area contributed by atoms with Crippen molar-refractivity contribution in [3.05, 3.63) is 42.5 Å². The highest BCUT2D eigenvalue weighted by Crippen LogP contribution is 2.26. The van der Waals surface area contributed by atoms with Crippen molar-refractivity contribution in [2.24, 2.45) is 0 Å². The van der Waals surface area contributed by atoms with E-state index in [1.54, 1.807) is 19.1 Å². The van der Waals surface area contributed by atoms with Gasteiger partial charge in [0.2, 0.25) is 11.8 Å². The molecule has 2 atom stereocenters. The van der Waals surface area contributed by atoms with E-state index in [0.29, 0.717) is 31.8 Å². The van der Waals surface area contributed by atoms with Crippen LogP contribution in [0.15, 0.2) is 36.9 Å². The van der Waals surface area contributed by atoms with Crippen LogP contribution in [0.4, 0.5) is 0 Å². The Hall–Kier alpha value is -2.18. The molecule has 130 valence electrons. The standard InChI is InChI=1S/C18H23NO5/c1-3-18(2,22)12-23-10-11-24-14-6-4-13(5-7-14)15-8-9-16(20)19-17(15)21/h3-7,15,22H,1,8-12H2,2H3,(H,19,20,21). The summed E-state index contributed by atoms with van der Waals surface area (Å²) in [4.78, 5) is 23.0. The van der Waals surface area contributed by atoms with Crippen molar-refractivity contribution in [1.82, 2.24) is 5.32 Å². The Kier molecular flexibility index (Phi) is 6.11. The van der Waals surface area contributed by atoms with Crippen molar-refractivity contribution in [1.29, 1.82) is 0 Å². The first kappa shape index (κ1) is 18.2. The summed E-state index contributed by atoms with van der Waals surface area (Å²) in [5.41, 5.74) is -0.172. The highest BCUT2D eigenvalue weighted by atomic mass is 16.5. The molecule has 1 saturated heterocycles. The highest BCUT2D eigenvalue weighted by Gasteiger charge is 2.27. The number of ether oxygens (including phenoxy) is 2. The van der Waals surface area contributed by atoms with E-state index in [9.17, 15) is 14.7 Å². The fourth-order valence-electron chi connectivity index (χ4n) is 2.36. The Bertz CT molecular complexity index is 594. The third kappa shape index (κ3) is 5.18. The summed E-state index contributed by atoms with van der Waals surface area (Å²) in [6.45, 7) is 6.01. The van der Waals surface area contributed by atoms with Gasteiger partial charge in [-0.3, -0.25) is 14.9 Å². The van der Waals surface area contributed by atoms with Gasteiger partial charge in [-0.05, 0) is 31.0 Å². The molecule has 2 rings (SSSR count). The predicted octanol–water partition coefficient (Wildman–Crippen LogP) is 1.54. The summed E-state index contributed by atoms with van der Waals surface area (Å²) < 4.78 is 10.9. The number of carbonyl (C=O) groups is 2. The zero-order valence-corrected chi connectivity index (χ0v) is 13.8. The Labute approximate surface area is 141 Å². The van der Waals surface area contributed by atoms with Gasteiger partial charge in [0.1, 0.15) is 18.0 Å². The molecule has 1 aliphatic heterocycles. The molecule has 2 unspecified atom stereocenters. The molecule has 1 fully saturated rings. The molecule has 2 N–H and O–H groups in total. The average molecular weight is 333 g/mol. The molecule has 0 aromatic heterocycles. The van der Waals surface area contributed by atoms with E-state index in [1.807, 2.05) is 12.1 Å². The third-order valence-electron chi connectivity index (χ3n) is 3.85. The number of nitrogens with one attached hydrogen (secondary N) is 1. The van der Waals surface area contributed by atoms with Crippen LogP contribution in [0.2, 0.25) is 0 Å². The second kappa shape index (κ2) is 8.08. The zero-order valence-electron chi connectivity index (χ0n) is 13.8. The molecular formula is C18H23NO5. The van der Waals surface area contributed by atoms with E-state index in [4.69, 9.17) is 9.47 Å². The molecular weight excluding hydrogens is 310 g/mol. The van der Waals surface area contributed by atoms with Crippen LogP contribution in [-0.2, 0) is 14.3 Å². The van der Waals surface area contributed by atoms with Gasteiger partial charge in [0.05, 0.1) is 19.1 Å². The van der Waals surface area contributed by atoms with E-state index in [1.165, 1.54) is 6.08 Å². The predicted molar refractivity (Wildman–Crippen MR) is 88.7 cm³/mol. The smallest absolute Gasteiger partial charge is 0.234 e. The lowest BCUT2D eigenvalue weighted by Gasteiger charge is -2.21. The topological polar surface area (TPSA) is 84.9 Å². The molecule has 0 bridgehead atoms. The van der Waals surface area contributed by atoms with Crippen LogP contribution in [0.25, 0.3) is 0 Å². The molecule has 1 aliphatic rings. The normalized spacial score (nSPS) is 20.2. The van der Waals surface area contributed by atoms with E-state index < -0.39 is 5.60 Å². The fourth-order valence-corrected chi connectivity index (χ4v) is 2.36. The van der Waals surface area contributed by atoms with Crippen LogP contribution in [0.5, 0.6) is 5.75 Å². The number of amides is 2. The summed E-state index contributed by atoms with van der Waals surface area (Å²) >= 11 is 0. The minimum Gasteiger partial charge on any atom is -0.491 e. The summed E-state index contributed by atoms with van der Waals surface area (Å²) in [5.74, 6) is -0.0828. The van der Waals surface area contributed by atoms with Gasteiger partial charge in [-0.25, -0.2) is 0 Å². The first-order valence-electron chi connectivity index (χ1n) is 7.91. The van der Waals surface area contributed by atoms with E-state index in [0.717, 1.165) is 5.56 Å². The molecule has 1 aromatic rings. The van der Waals surface area contributed by atoms with E-state index >= 15 is 0 Å². The van der Waals surface area contributed by atoms with Gasteiger partial charge in [0.15, 0.2) is 0 Å². The number of imide groups is 1. The second-order valence-corrected chi connectivity index (χ2v) is 6.04.